The fraction of sp³-hybridized carbons (Fsp3) is 0.476. The summed E-state index contributed by atoms with van der Waals surface area (Å²) in [5.74, 6) is 2.71. The number of rotatable bonds is 5. The van der Waals surface area contributed by atoms with Gasteiger partial charge in [-0.05, 0) is 81.0 Å². The molecule has 4 nitrogen and oxygen atoms in total. The quantitative estimate of drug-likeness (QED) is 0.893. The van der Waals surface area contributed by atoms with Crippen LogP contribution in [0.4, 0.5) is 0 Å². The van der Waals surface area contributed by atoms with Crippen molar-refractivity contribution in [1.29, 1.82) is 0 Å². The lowest BCUT2D eigenvalue weighted by Gasteiger charge is -2.23. The Morgan fingerprint density at radius 1 is 1.12 bits per heavy atom. The minimum Gasteiger partial charge on any atom is -0.488 e. The van der Waals surface area contributed by atoms with E-state index in [2.05, 4.69) is 22.4 Å². The summed E-state index contributed by atoms with van der Waals surface area (Å²) in [7, 11) is 0. The molecule has 2 aromatic rings. The highest BCUT2D eigenvalue weighted by atomic mass is 16.5. The van der Waals surface area contributed by atoms with Gasteiger partial charge >= 0.3 is 0 Å². The van der Waals surface area contributed by atoms with Crippen LogP contribution >= 0.6 is 0 Å². The first kappa shape index (κ1) is 16.4. The van der Waals surface area contributed by atoms with E-state index in [1.54, 1.807) is 0 Å². The molecule has 25 heavy (non-hydrogen) atoms. The van der Waals surface area contributed by atoms with Gasteiger partial charge in [-0.1, -0.05) is 6.07 Å². The Kier molecular flexibility index (Phi) is 4.88. The number of benzene rings is 1. The van der Waals surface area contributed by atoms with E-state index in [4.69, 9.17) is 9.47 Å². The second kappa shape index (κ2) is 7.44. The maximum atomic E-state index is 6.10. The number of fused-ring (bicyclic) bond motifs is 1. The molecule has 0 unspecified atom stereocenters. The molecule has 0 amide bonds. The van der Waals surface area contributed by atoms with Crippen molar-refractivity contribution in [3.05, 3.63) is 47.2 Å². The van der Waals surface area contributed by atoms with Gasteiger partial charge in [-0.3, -0.25) is 0 Å². The maximum Gasteiger partial charge on any atom is 0.262 e. The van der Waals surface area contributed by atoms with Crippen molar-refractivity contribution < 1.29 is 9.47 Å². The number of hydrogen-bond donors (Lipinski definition) is 1. The second-order valence-electron chi connectivity index (χ2n) is 7.17. The summed E-state index contributed by atoms with van der Waals surface area (Å²) in [4.78, 5) is 4.56. The summed E-state index contributed by atoms with van der Waals surface area (Å²) in [6, 6.07) is 10.3. The minimum absolute atomic E-state index is 0.558. The van der Waals surface area contributed by atoms with Gasteiger partial charge in [-0.15, -0.1) is 0 Å². The van der Waals surface area contributed by atoms with Gasteiger partial charge in [-0.25, -0.2) is 4.98 Å². The van der Waals surface area contributed by atoms with Crippen molar-refractivity contribution in [3.63, 3.8) is 0 Å². The monoisotopic (exact) mass is 338 g/mol. The molecule has 0 bridgehead atoms. The molecule has 2 heterocycles. The molecule has 1 aliphatic carbocycles. The molecular weight excluding hydrogens is 312 g/mol. The Bertz CT molecular complexity index is 739. The van der Waals surface area contributed by atoms with Gasteiger partial charge in [-0.2, -0.15) is 0 Å². The first-order chi connectivity index (χ1) is 12.3. The van der Waals surface area contributed by atoms with Crippen molar-refractivity contribution in [2.75, 3.05) is 19.7 Å². The third-order valence-corrected chi connectivity index (χ3v) is 5.12. The molecule has 132 valence electrons. The standard InChI is InChI=1S/C21H26N2O2/c1-15-7-10-20(24-14-16-4-3-11-22-13-16)21(23-15)25-19-9-8-17-5-2-6-18(17)12-19/h7-10,12,16,22H,2-6,11,13-14H2,1H3/t16-/m0/s1. The van der Waals surface area contributed by atoms with E-state index in [1.165, 1.54) is 36.8 Å². The normalized spacial score (nSPS) is 19.5. The fourth-order valence-electron chi connectivity index (χ4n) is 3.70. The van der Waals surface area contributed by atoms with Crippen LogP contribution in [0.1, 0.15) is 36.1 Å². The van der Waals surface area contributed by atoms with Gasteiger partial charge in [0.25, 0.3) is 5.88 Å². The number of hydrogen-bond acceptors (Lipinski definition) is 4. The van der Waals surface area contributed by atoms with Gasteiger partial charge in [0.15, 0.2) is 5.75 Å². The smallest absolute Gasteiger partial charge is 0.262 e. The third kappa shape index (κ3) is 3.96. The van der Waals surface area contributed by atoms with Crippen LogP contribution in [0.3, 0.4) is 0 Å². The number of aryl methyl sites for hydroxylation is 3. The summed E-state index contributed by atoms with van der Waals surface area (Å²) in [5.41, 5.74) is 3.79. The van der Waals surface area contributed by atoms with Gasteiger partial charge in [0, 0.05) is 18.2 Å². The van der Waals surface area contributed by atoms with E-state index in [0.717, 1.165) is 36.7 Å². The van der Waals surface area contributed by atoms with Crippen molar-refractivity contribution in [2.45, 2.75) is 39.0 Å². The first-order valence-electron chi connectivity index (χ1n) is 9.39. The average Bonchev–Trinajstić information content (AvgIpc) is 3.10. The zero-order valence-corrected chi connectivity index (χ0v) is 14.9. The Balaban J connectivity index is 1.49. The highest BCUT2D eigenvalue weighted by Crippen LogP contribution is 2.33. The van der Waals surface area contributed by atoms with Gasteiger partial charge in [0.05, 0.1) is 6.61 Å². The van der Waals surface area contributed by atoms with Crippen molar-refractivity contribution in [3.8, 4) is 17.4 Å². The molecule has 1 aliphatic heterocycles. The van der Waals surface area contributed by atoms with E-state index in [9.17, 15) is 0 Å². The van der Waals surface area contributed by atoms with Gasteiger partial charge in [0.1, 0.15) is 5.75 Å². The van der Waals surface area contributed by atoms with Crippen LogP contribution in [0, 0.1) is 12.8 Å². The van der Waals surface area contributed by atoms with Crippen LogP contribution in [0.2, 0.25) is 0 Å². The van der Waals surface area contributed by atoms with E-state index >= 15 is 0 Å². The summed E-state index contributed by atoms with van der Waals surface area (Å²) < 4.78 is 12.2. The predicted molar refractivity (Wildman–Crippen MR) is 98.6 cm³/mol. The predicted octanol–water partition coefficient (Wildman–Crippen LogP) is 4.05. The largest absolute Gasteiger partial charge is 0.488 e. The van der Waals surface area contributed by atoms with E-state index in [1.807, 2.05) is 25.1 Å². The Labute approximate surface area is 149 Å². The Morgan fingerprint density at radius 3 is 2.92 bits per heavy atom. The molecule has 4 rings (SSSR count). The van der Waals surface area contributed by atoms with Crippen molar-refractivity contribution in [2.24, 2.45) is 5.92 Å². The van der Waals surface area contributed by atoms with Crippen LogP contribution in [0.5, 0.6) is 17.4 Å². The Morgan fingerprint density at radius 2 is 2.04 bits per heavy atom. The summed E-state index contributed by atoms with van der Waals surface area (Å²) in [6.07, 6.45) is 6.01. The van der Waals surface area contributed by atoms with Crippen LogP contribution < -0.4 is 14.8 Å². The number of nitrogens with zero attached hydrogens (tertiary/aromatic N) is 1. The minimum atomic E-state index is 0.558. The zero-order chi connectivity index (χ0) is 17.1. The molecule has 1 fully saturated rings. The number of ether oxygens (including phenoxy) is 2. The molecule has 1 saturated heterocycles. The number of nitrogens with one attached hydrogen (secondary N) is 1. The highest BCUT2D eigenvalue weighted by molar-refractivity contribution is 5.42. The molecule has 1 atom stereocenters. The fourth-order valence-corrected chi connectivity index (χ4v) is 3.70. The van der Waals surface area contributed by atoms with Crippen molar-refractivity contribution in [1.82, 2.24) is 10.3 Å². The average molecular weight is 338 g/mol. The second-order valence-corrected chi connectivity index (χ2v) is 7.17. The molecule has 0 saturated carbocycles. The molecule has 0 spiro atoms. The topological polar surface area (TPSA) is 43.4 Å². The van der Waals surface area contributed by atoms with Gasteiger partial charge < -0.3 is 14.8 Å². The molecule has 0 radical (unpaired) electrons. The summed E-state index contributed by atoms with van der Waals surface area (Å²) >= 11 is 0. The maximum absolute atomic E-state index is 6.10. The summed E-state index contributed by atoms with van der Waals surface area (Å²) in [6.45, 7) is 4.83. The number of pyridine rings is 1. The van der Waals surface area contributed by atoms with Crippen LogP contribution in [-0.4, -0.2) is 24.7 Å². The van der Waals surface area contributed by atoms with E-state index in [-0.39, 0.29) is 0 Å². The van der Waals surface area contributed by atoms with Crippen molar-refractivity contribution >= 4 is 0 Å². The molecule has 2 aliphatic rings. The lowest BCUT2D eigenvalue weighted by molar-refractivity contribution is 0.211. The molecule has 4 heteroatoms. The molecule has 1 aromatic heterocycles. The first-order valence-corrected chi connectivity index (χ1v) is 9.39. The van der Waals surface area contributed by atoms with Gasteiger partial charge in [0.2, 0.25) is 0 Å². The number of aromatic nitrogens is 1. The van der Waals surface area contributed by atoms with Crippen LogP contribution in [0.15, 0.2) is 30.3 Å². The van der Waals surface area contributed by atoms with Crippen LogP contribution in [-0.2, 0) is 12.8 Å². The lowest BCUT2D eigenvalue weighted by Crippen LogP contribution is -2.33. The molecule has 1 N–H and O–H groups in total. The SMILES string of the molecule is Cc1ccc(OC[C@H]2CCCNC2)c(Oc2ccc3c(c2)CCC3)n1. The van der Waals surface area contributed by atoms with Crippen LogP contribution in [0.25, 0.3) is 0 Å². The zero-order valence-electron chi connectivity index (χ0n) is 14.9. The van der Waals surface area contributed by atoms with E-state index < -0.39 is 0 Å². The summed E-state index contributed by atoms with van der Waals surface area (Å²) in [5, 5.41) is 3.43. The van der Waals surface area contributed by atoms with E-state index in [0.29, 0.717) is 18.4 Å². The Hall–Kier alpha value is -2.07. The third-order valence-electron chi connectivity index (χ3n) is 5.12. The lowest BCUT2D eigenvalue weighted by atomic mass is 10.0. The highest BCUT2D eigenvalue weighted by Gasteiger charge is 2.17. The number of piperidine rings is 1. The molecular formula is C21H26N2O2. The molecule has 1 aromatic carbocycles.